The molecule has 1 aliphatic rings. The van der Waals surface area contributed by atoms with E-state index in [1.54, 1.807) is 12.1 Å². The highest BCUT2D eigenvalue weighted by atomic mass is 19.4. The molecule has 0 saturated carbocycles. The lowest BCUT2D eigenvalue weighted by Crippen LogP contribution is -2.37. The molecule has 108 valence electrons. The standard InChI is InChI=1S/C13H14F3N3O/c14-13(15,16)9-3-5-19(6-4-9)12(20)7-11-2-1-10(17)8-18-11/h1-3,8H,4-7,17H2. The number of amides is 1. The number of nitrogens with zero attached hydrogens (tertiary/aromatic N) is 2. The van der Waals surface area contributed by atoms with Crippen molar-refractivity contribution in [1.82, 2.24) is 9.88 Å². The van der Waals surface area contributed by atoms with Crippen LogP contribution in [-0.4, -0.2) is 35.1 Å². The lowest BCUT2D eigenvalue weighted by molar-refractivity contribution is -0.131. The van der Waals surface area contributed by atoms with E-state index >= 15 is 0 Å². The average Bonchev–Trinajstić information content (AvgIpc) is 2.40. The van der Waals surface area contributed by atoms with Crippen molar-refractivity contribution < 1.29 is 18.0 Å². The Morgan fingerprint density at radius 2 is 2.15 bits per heavy atom. The molecule has 0 atom stereocenters. The van der Waals surface area contributed by atoms with E-state index in [4.69, 9.17) is 5.73 Å². The highest BCUT2D eigenvalue weighted by Gasteiger charge is 2.35. The third kappa shape index (κ3) is 3.49. The number of hydrogen-bond acceptors (Lipinski definition) is 3. The second kappa shape index (κ2) is 5.52. The Morgan fingerprint density at radius 3 is 2.65 bits per heavy atom. The molecular weight excluding hydrogens is 271 g/mol. The van der Waals surface area contributed by atoms with Crippen LogP contribution in [0.3, 0.4) is 0 Å². The van der Waals surface area contributed by atoms with E-state index in [1.165, 1.54) is 11.1 Å². The smallest absolute Gasteiger partial charge is 0.397 e. The lowest BCUT2D eigenvalue weighted by Gasteiger charge is -2.27. The number of pyridine rings is 1. The first kappa shape index (κ1) is 14.4. The van der Waals surface area contributed by atoms with Gasteiger partial charge in [0, 0.05) is 24.4 Å². The first-order valence-electron chi connectivity index (χ1n) is 6.10. The Labute approximate surface area is 114 Å². The van der Waals surface area contributed by atoms with Crippen molar-refractivity contribution in [3.8, 4) is 0 Å². The van der Waals surface area contributed by atoms with Gasteiger partial charge in [0.1, 0.15) is 0 Å². The van der Waals surface area contributed by atoms with Gasteiger partial charge < -0.3 is 10.6 Å². The minimum atomic E-state index is -4.30. The number of carbonyl (C=O) groups is 1. The van der Waals surface area contributed by atoms with Crippen molar-refractivity contribution >= 4 is 11.6 Å². The van der Waals surface area contributed by atoms with Crippen LogP contribution >= 0.6 is 0 Å². The molecule has 1 amide bonds. The molecule has 2 rings (SSSR count). The number of nitrogens with two attached hydrogens (primary N) is 1. The first-order valence-corrected chi connectivity index (χ1v) is 6.10. The second-order valence-corrected chi connectivity index (χ2v) is 4.58. The monoisotopic (exact) mass is 285 g/mol. The molecule has 0 fully saturated rings. The van der Waals surface area contributed by atoms with E-state index in [2.05, 4.69) is 4.98 Å². The minimum Gasteiger partial charge on any atom is -0.397 e. The third-order valence-electron chi connectivity index (χ3n) is 3.11. The Kier molecular flexibility index (Phi) is 3.96. The van der Waals surface area contributed by atoms with E-state index in [-0.39, 0.29) is 31.8 Å². The summed E-state index contributed by atoms with van der Waals surface area (Å²) in [5.74, 6) is -0.236. The van der Waals surface area contributed by atoms with E-state index in [1.807, 2.05) is 0 Å². The number of rotatable bonds is 2. The topological polar surface area (TPSA) is 59.2 Å². The van der Waals surface area contributed by atoms with Crippen LogP contribution in [0.5, 0.6) is 0 Å². The van der Waals surface area contributed by atoms with Crippen LogP contribution in [0.4, 0.5) is 18.9 Å². The fourth-order valence-electron chi connectivity index (χ4n) is 1.96. The molecule has 1 aliphatic heterocycles. The van der Waals surface area contributed by atoms with Gasteiger partial charge in [-0.15, -0.1) is 0 Å². The van der Waals surface area contributed by atoms with Crippen LogP contribution in [0, 0.1) is 0 Å². The molecule has 1 aromatic rings. The molecule has 20 heavy (non-hydrogen) atoms. The summed E-state index contributed by atoms with van der Waals surface area (Å²) in [6.45, 7) is 0.0712. The molecule has 1 aromatic heterocycles. The van der Waals surface area contributed by atoms with Gasteiger partial charge in [-0.05, 0) is 18.6 Å². The maximum absolute atomic E-state index is 12.5. The van der Waals surface area contributed by atoms with Gasteiger partial charge in [-0.3, -0.25) is 9.78 Å². The molecule has 0 radical (unpaired) electrons. The van der Waals surface area contributed by atoms with Crippen LogP contribution in [-0.2, 0) is 11.2 Å². The number of anilines is 1. The summed E-state index contributed by atoms with van der Waals surface area (Å²) in [5, 5.41) is 0. The zero-order valence-corrected chi connectivity index (χ0v) is 10.7. The summed E-state index contributed by atoms with van der Waals surface area (Å²) in [6.07, 6.45) is -1.88. The molecule has 0 aromatic carbocycles. The summed E-state index contributed by atoms with van der Waals surface area (Å²) in [7, 11) is 0. The highest BCUT2D eigenvalue weighted by Crippen LogP contribution is 2.30. The molecule has 2 heterocycles. The number of carbonyl (C=O) groups excluding carboxylic acids is 1. The van der Waals surface area contributed by atoms with E-state index < -0.39 is 11.7 Å². The number of halogens is 3. The van der Waals surface area contributed by atoms with Crippen molar-refractivity contribution in [2.45, 2.75) is 19.0 Å². The van der Waals surface area contributed by atoms with E-state index in [0.717, 1.165) is 6.08 Å². The van der Waals surface area contributed by atoms with Crippen molar-refractivity contribution in [2.24, 2.45) is 0 Å². The van der Waals surface area contributed by atoms with Crippen LogP contribution < -0.4 is 5.73 Å². The summed E-state index contributed by atoms with van der Waals surface area (Å²) in [6, 6.07) is 3.27. The second-order valence-electron chi connectivity index (χ2n) is 4.58. The zero-order chi connectivity index (χ0) is 14.8. The first-order chi connectivity index (χ1) is 9.36. The third-order valence-corrected chi connectivity index (χ3v) is 3.11. The molecule has 4 nitrogen and oxygen atoms in total. The fourth-order valence-corrected chi connectivity index (χ4v) is 1.96. The number of hydrogen-bond donors (Lipinski definition) is 1. The number of aromatic nitrogens is 1. The largest absolute Gasteiger partial charge is 0.412 e. The van der Waals surface area contributed by atoms with Gasteiger partial charge in [0.15, 0.2) is 0 Å². The van der Waals surface area contributed by atoms with Gasteiger partial charge >= 0.3 is 6.18 Å². The maximum Gasteiger partial charge on any atom is 0.412 e. The number of alkyl halides is 3. The van der Waals surface area contributed by atoms with Gasteiger partial charge in [-0.1, -0.05) is 6.08 Å². The maximum atomic E-state index is 12.5. The molecule has 7 heteroatoms. The van der Waals surface area contributed by atoms with E-state index in [9.17, 15) is 18.0 Å². The van der Waals surface area contributed by atoms with Crippen molar-refractivity contribution in [3.63, 3.8) is 0 Å². The van der Waals surface area contributed by atoms with Gasteiger partial charge in [-0.25, -0.2) is 0 Å². The highest BCUT2D eigenvalue weighted by molar-refractivity contribution is 5.78. The van der Waals surface area contributed by atoms with Crippen LogP contribution in [0.1, 0.15) is 12.1 Å². The predicted octanol–water partition coefficient (Wildman–Crippen LogP) is 1.93. The van der Waals surface area contributed by atoms with E-state index in [0.29, 0.717) is 11.4 Å². The lowest BCUT2D eigenvalue weighted by atomic mass is 10.1. The van der Waals surface area contributed by atoms with Crippen LogP contribution in [0.2, 0.25) is 0 Å². The van der Waals surface area contributed by atoms with Gasteiger partial charge in [0.2, 0.25) is 5.91 Å². The molecule has 0 saturated heterocycles. The Balaban J connectivity index is 1.95. The molecule has 0 aliphatic carbocycles. The van der Waals surface area contributed by atoms with Crippen LogP contribution in [0.15, 0.2) is 30.0 Å². The molecule has 0 unspecified atom stereocenters. The Morgan fingerprint density at radius 1 is 1.40 bits per heavy atom. The quantitative estimate of drug-likeness (QED) is 0.845. The summed E-state index contributed by atoms with van der Waals surface area (Å²) in [5.41, 5.74) is 5.97. The van der Waals surface area contributed by atoms with Gasteiger partial charge in [0.25, 0.3) is 0 Å². The summed E-state index contributed by atoms with van der Waals surface area (Å²) < 4.78 is 37.4. The molecule has 0 bridgehead atoms. The minimum absolute atomic E-state index is 0.0113. The summed E-state index contributed by atoms with van der Waals surface area (Å²) in [4.78, 5) is 17.3. The fraction of sp³-hybridized carbons (Fsp3) is 0.385. The van der Waals surface area contributed by atoms with Gasteiger partial charge in [0.05, 0.1) is 18.3 Å². The molecular formula is C13H14F3N3O. The average molecular weight is 285 g/mol. The number of nitrogen functional groups attached to an aromatic ring is 1. The normalized spacial score (nSPS) is 15.9. The predicted molar refractivity (Wildman–Crippen MR) is 67.7 cm³/mol. The zero-order valence-electron chi connectivity index (χ0n) is 10.7. The van der Waals surface area contributed by atoms with Crippen molar-refractivity contribution in [1.29, 1.82) is 0 Å². The van der Waals surface area contributed by atoms with Crippen molar-refractivity contribution in [3.05, 3.63) is 35.7 Å². The molecule has 0 spiro atoms. The summed E-state index contributed by atoms with van der Waals surface area (Å²) >= 11 is 0. The molecule has 2 N–H and O–H groups in total. The Hall–Kier alpha value is -2.05. The Bertz CT molecular complexity index is 523. The van der Waals surface area contributed by atoms with Crippen molar-refractivity contribution in [2.75, 3.05) is 18.8 Å². The van der Waals surface area contributed by atoms with Crippen LogP contribution in [0.25, 0.3) is 0 Å². The van der Waals surface area contributed by atoms with Gasteiger partial charge in [-0.2, -0.15) is 13.2 Å². The SMILES string of the molecule is Nc1ccc(CC(=O)N2CC=C(C(F)(F)F)CC2)nc1.